The standard InChI is InChI=1S/C36H49N2O8P/c1-8-25-18-36(25,47(7,42)43)19-30(39)29-16-26-20-38(29)34(41)28(35(3,4)5)17-32(40)45-21-22(2)10-9-11-24-14-27-23(15-31(24)44-6)12-13-37-33(27)46-26/h8,12-15,22,25-26,28-29H,1,9-11,16-21H2,2-7H3,(H,42,43)/t22-,25?,26+,28+,29-,36?/m0/s1. The largest absolute Gasteiger partial charge is 0.496 e. The Kier molecular flexibility index (Phi) is 9.96. The molecule has 1 saturated carbocycles. The topological polar surface area (TPSA) is 132 Å². The summed E-state index contributed by atoms with van der Waals surface area (Å²) in [5, 5.41) is 0.622. The predicted octanol–water partition coefficient (Wildman–Crippen LogP) is 5.96. The van der Waals surface area contributed by atoms with Crippen LogP contribution in [0.2, 0.25) is 0 Å². The van der Waals surface area contributed by atoms with Gasteiger partial charge in [-0.1, -0.05) is 33.8 Å². The Morgan fingerprint density at radius 1 is 1.30 bits per heavy atom. The number of hydrogen-bond donors (Lipinski definition) is 1. The number of benzene rings is 1. The summed E-state index contributed by atoms with van der Waals surface area (Å²) in [5.41, 5.74) is 0.393. The molecule has 1 saturated heterocycles. The number of ketones is 1. The first-order chi connectivity index (χ1) is 22.1. The number of amides is 1. The van der Waals surface area contributed by atoms with Crippen molar-refractivity contribution in [3.05, 3.63) is 42.6 Å². The molecule has 1 aromatic carbocycles. The molecule has 3 unspecified atom stereocenters. The van der Waals surface area contributed by atoms with Crippen LogP contribution >= 0.6 is 7.37 Å². The molecule has 1 N–H and O–H groups in total. The van der Waals surface area contributed by atoms with E-state index in [0.29, 0.717) is 12.3 Å². The third-order valence-corrected chi connectivity index (χ3v) is 12.7. The second-order valence-electron chi connectivity index (χ2n) is 15.0. The van der Waals surface area contributed by atoms with Crippen molar-refractivity contribution < 1.29 is 38.1 Å². The Bertz CT molecular complexity index is 1600. The summed E-state index contributed by atoms with van der Waals surface area (Å²) >= 11 is 0. The monoisotopic (exact) mass is 668 g/mol. The highest BCUT2D eigenvalue weighted by Gasteiger charge is 2.63. The van der Waals surface area contributed by atoms with Gasteiger partial charge in [-0.3, -0.25) is 18.9 Å². The number of Topliss-reactive ketones (excluding diaryl/α,β-unsaturated/α-hetero) is 1. The van der Waals surface area contributed by atoms with Gasteiger partial charge in [-0.15, -0.1) is 6.58 Å². The molecule has 11 heteroatoms. The molecule has 0 radical (unpaired) electrons. The number of pyridine rings is 1. The Morgan fingerprint density at radius 3 is 2.68 bits per heavy atom. The molecular weight excluding hydrogens is 619 g/mol. The number of carbonyl (C=O) groups excluding carboxylic acids is 3. The van der Waals surface area contributed by atoms with Gasteiger partial charge in [0.2, 0.25) is 19.2 Å². The van der Waals surface area contributed by atoms with Crippen molar-refractivity contribution in [3.63, 3.8) is 0 Å². The van der Waals surface area contributed by atoms with E-state index in [1.165, 1.54) is 11.6 Å². The van der Waals surface area contributed by atoms with Crippen molar-refractivity contribution in [1.82, 2.24) is 9.88 Å². The number of allylic oxidation sites excluding steroid dienone is 1. The number of nitrogens with zero attached hydrogens (tertiary/aromatic N) is 2. The zero-order valence-electron chi connectivity index (χ0n) is 28.5. The lowest BCUT2D eigenvalue weighted by atomic mass is 9.77. The van der Waals surface area contributed by atoms with E-state index in [4.69, 9.17) is 14.2 Å². The number of cyclic esters (lactones) is 1. The first kappa shape index (κ1) is 35.1. The maximum absolute atomic E-state index is 14.4. The number of esters is 1. The van der Waals surface area contributed by atoms with E-state index in [2.05, 4.69) is 11.6 Å². The number of hydrogen-bond acceptors (Lipinski definition) is 8. The summed E-state index contributed by atoms with van der Waals surface area (Å²) in [4.78, 5) is 58.5. The molecule has 1 amide bonds. The maximum Gasteiger partial charge on any atom is 0.306 e. The highest BCUT2D eigenvalue weighted by molar-refractivity contribution is 7.59. The van der Waals surface area contributed by atoms with Crippen LogP contribution in [0.25, 0.3) is 10.8 Å². The number of rotatable bonds is 6. The summed E-state index contributed by atoms with van der Waals surface area (Å²) in [7, 11) is -2.02. The van der Waals surface area contributed by atoms with Crippen molar-refractivity contribution in [3.8, 4) is 11.6 Å². The molecule has 4 bridgehead atoms. The van der Waals surface area contributed by atoms with Crippen LogP contribution in [0.5, 0.6) is 11.6 Å². The zero-order valence-corrected chi connectivity index (χ0v) is 29.4. The van der Waals surface area contributed by atoms with Crippen molar-refractivity contribution in [1.29, 1.82) is 0 Å². The van der Waals surface area contributed by atoms with Crippen LogP contribution in [0.4, 0.5) is 0 Å². The van der Waals surface area contributed by atoms with Crippen LogP contribution in [0.15, 0.2) is 37.1 Å². The van der Waals surface area contributed by atoms with E-state index < -0.39 is 42.0 Å². The van der Waals surface area contributed by atoms with E-state index >= 15 is 0 Å². The van der Waals surface area contributed by atoms with Gasteiger partial charge >= 0.3 is 5.97 Å². The molecule has 1 aromatic heterocycles. The molecule has 2 aliphatic heterocycles. The van der Waals surface area contributed by atoms with Crippen LogP contribution < -0.4 is 9.47 Å². The van der Waals surface area contributed by atoms with E-state index in [1.54, 1.807) is 19.4 Å². The smallest absolute Gasteiger partial charge is 0.306 e. The normalized spacial score (nSPS) is 30.1. The van der Waals surface area contributed by atoms with Crippen molar-refractivity contribution >= 4 is 35.8 Å². The molecule has 3 aliphatic rings. The quantitative estimate of drug-likeness (QED) is 0.225. The zero-order chi connectivity index (χ0) is 34.3. The van der Waals surface area contributed by atoms with Gasteiger partial charge in [0.15, 0.2) is 5.78 Å². The van der Waals surface area contributed by atoms with Crippen LogP contribution in [0, 0.1) is 23.2 Å². The third kappa shape index (κ3) is 7.29. The molecule has 0 spiro atoms. The Balaban J connectivity index is 1.54. The average molecular weight is 669 g/mol. The number of fused-ring (bicyclic) bond motifs is 3. The molecule has 5 rings (SSSR count). The summed E-state index contributed by atoms with van der Waals surface area (Å²) in [6.45, 7) is 13.2. The summed E-state index contributed by atoms with van der Waals surface area (Å²) < 4.78 is 30.9. The minimum atomic E-state index is -3.66. The minimum absolute atomic E-state index is 0.107. The van der Waals surface area contributed by atoms with Crippen LogP contribution in [0.1, 0.15) is 71.8 Å². The fourth-order valence-electron chi connectivity index (χ4n) is 7.31. The molecule has 7 atom stereocenters. The van der Waals surface area contributed by atoms with Crippen molar-refractivity contribution in [2.75, 3.05) is 26.9 Å². The van der Waals surface area contributed by atoms with Gasteiger partial charge in [0.1, 0.15) is 11.9 Å². The molecule has 47 heavy (non-hydrogen) atoms. The van der Waals surface area contributed by atoms with E-state index in [0.717, 1.165) is 41.3 Å². The summed E-state index contributed by atoms with van der Waals surface area (Å²) in [5.74, 6) is -0.801. The molecule has 256 valence electrons. The highest BCUT2D eigenvalue weighted by Crippen LogP contribution is 2.71. The fraction of sp³-hybridized carbons (Fsp3) is 0.611. The third-order valence-electron chi connectivity index (χ3n) is 10.4. The minimum Gasteiger partial charge on any atom is -0.496 e. The van der Waals surface area contributed by atoms with Gasteiger partial charge < -0.3 is 24.0 Å². The molecule has 3 heterocycles. The number of aryl methyl sites for hydroxylation is 1. The van der Waals surface area contributed by atoms with Gasteiger partial charge in [0.05, 0.1) is 43.8 Å². The average Bonchev–Trinajstić information content (AvgIpc) is 3.57. The summed E-state index contributed by atoms with van der Waals surface area (Å²) in [6, 6.07) is 5.00. The van der Waals surface area contributed by atoms with Gasteiger partial charge in [0, 0.05) is 31.1 Å². The number of methoxy groups -OCH3 is 1. The molecule has 2 aromatic rings. The van der Waals surface area contributed by atoms with Crippen LogP contribution in [-0.4, -0.2) is 76.7 Å². The first-order valence-electron chi connectivity index (χ1n) is 16.6. The maximum atomic E-state index is 14.4. The van der Waals surface area contributed by atoms with E-state index in [-0.39, 0.29) is 55.9 Å². The lowest BCUT2D eigenvalue weighted by molar-refractivity contribution is -0.153. The number of ether oxygens (including phenoxy) is 3. The lowest BCUT2D eigenvalue weighted by Crippen LogP contribution is -2.48. The van der Waals surface area contributed by atoms with Gasteiger partial charge in [0.25, 0.3) is 0 Å². The van der Waals surface area contributed by atoms with Gasteiger partial charge in [-0.25, -0.2) is 4.98 Å². The van der Waals surface area contributed by atoms with Crippen molar-refractivity contribution in [2.45, 2.75) is 89.9 Å². The van der Waals surface area contributed by atoms with Crippen LogP contribution in [0.3, 0.4) is 0 Å². The molecule has 10 nitrogen and oxygen atoms in total. The van der Waals surface area contributed by atoms with E-state index in [9.17, 15) is 23.8 Å². The molecule has 1 aliphatic carbocycles. The Labute approximate surface area is 277 Å². The second-order valence-corrected chi connectivity index (χ2v) is 17.6. The summed E-state index contributed by atoms with van der Waals surface area (Å²) in [6.07, 6.45) is 5.49. The van der Waals surface area contributed by atoms with Crippen molar-refractivity contribution in [2.24, 2.45) is 23.2 Å². The van der Waals surface area contributed by atoms with Gasteiger partial charge in [-0.2, -0.15) is 0 Å². The molecule has 2 fully saturated rings. The van der Waals surface area contributed by atoms with Crippen LogP contribution in [-0.2, 0) is 30.1 Å². The first-order valence-corrected chi connectivity index (χ1v) is 18.7. The SMILES string of the molecule is C=CC1CC1(CC(=O)[C@@H]1C[C@@H]2CN1C(=O)[C@H](C(C)(C)C)CC(=O)OC[C@@H](C)CCCc1cc3c(nccc3cc1OC)O2)P(C)(=O)O. The van der Waals surface area contributed by atoms with Gasteiger partial charge in [-0.05, 0) is 72.1 Å². The Hall–Kier alpha value is -3.23. The molecular formula is C36H49N2O8P. The number of carbonyl (C=O) groups is 3. The second kappa shape index (κ2) is 13.3. The Morgan fingerprint density at radius 2 is 2.04 bits per heavy atom. The predicted molar refractivity (Wildman–Crippen MR) is 180 cm³/mol. The van der Waals surface area contributed by atoms with E-state index in [1.807, 2.05) is 45.9 Å². The lowest BCUT2D eigenvalue weighted by Gasteiger charge is -2.35. The number of aromatic nitrogens is 1. The fourth-order valence-corrected chi connectivity index (χ4v) is 9.01. The highest BCUT2D eigenvalue weighted by atomic mass is 31.2.